The number of hydrogen-bond donors (Lipinski definition) is 2. The molecule has 1 aliphatic rings. The number of carbonyl (C=O) groups is 1. The highest BCUT2D eigenvalue weighted by molar-refractivity contribution is 5.77. The highest BCUT2D eigenvalue weighted by Crippen LogP contribution is 2.27. The molecule has 1 fully saturated rings. The Labute approximate surface area is 102 Å². The first-order valence-electron chi connectivity index (χ1n) is 6.14. The normalized spacial score (nSPS) is 28.4. The highest BCUT2D eigenvalue weighted by atomic mass is 16.5. The van der Waals surface area contributed by atoms with Crippen LogP contribution < -0.4 is 0 Å². The first-order chi connectivity index (χ1) is 7.98. The summed E-state index contributed by atoms with van der Waals surface area (Å²) in [6.45, 7) is 5.51. The molecule has 4 heteroatoms. The van der Waals surface area contributed by atoms with E-state index in [1.807, 2.05) is 0 Å². The van der Waals surface area contributed by atoms with E-state index < -0.39 is 11.6 Å². The number of ether oxygens (including phenoxy) is 1. The summed E-state index contributed by atoms with van der Waals surface area (Å²) >= 11 is 0. The van der Waals surface area contributed by atoms with Crippen molar-refractivity contribution in [2.45, 2.75) is 50.7 Å². The van der Waals surface area contributed by atoms with E-state index in [9.17, 15) is 9.90 Å². The fourth-order valence-electron chi connectivity index (χ4n) is 2.20. The summed E-state index contributed by atoms with van der Waals surface area (Å²) < 4.78 is 5.54. The lowest BCUT2D eigenvalue weighted by Gasteiger charge is -2.30. The van der Waals surface area contributed by atoms with Crippen LogP contribution in [0.15, 0.2) is 12.7 Å². The minimum Gasteiger partial charge on any atom is -0.479 e. The Hall–Kier alpha value is -0.870. The summed E-state index contributed by atoms with van der Waals surface area (Å²) in [5, 5.41) is 18.7. The van der Waals surface area contributed by atoms with Crippen molar-refractivity contribution in [1.82, 2.24) is 0 Å². The summed E-state index contributed by atoms with van der Waals surface area (Å²) in [4.78, 5) is 11.1. The molecular formula is C13H22O4. The van der Waals surface area contributed by atoms with Crippen LogP contribution in [-0.2, 0) is 9.53 Å². The Bertz CT molecular complexity index is 277. The number of carboxylic acids is 1. The third kappa shape index (κ3) is 4.13. The van der Waals surface area contributed by atoms with Crippen molar-refractivity contribution in [3.8, 4) is 0 Å². The molecule has 0 heterocycles. The maximum absolute atomic E-state index is 11.1. The quantitative estimate of drug-likeness (QED) is 0.699. The molecule has 4 nitrogen and oxygen atoms in total. The smallest absolute Gasteiger partial charge is 0.335 e. The molecule has 1 rings (SSSR count). The molecule has 0 aromatic carbocycles. The Morgan fingerprint density at radius 2 is 2.29 bits per heavy atom. The number of aliphatic hydroxyl groups is 1. The SMILES string of the molecule is C=CCC(C)(OC[C@@H]1CCC[C@H](O)C1)C(=O)O. The van der Waals surface area contributed by atoms with Gasteiger partial charge in [0.25, 0.3) is 0 Å². The Kier molecular flexibility index (Phi) is 5.15. The minimum absolute atomic E-state index is 0.257. The topological polar surface area (TPSA) is 66.8 Å². The van der Waals surface area contributed by atoms with Crippen LogP contribution in [0.2, 0.25) is 0 Å². The Morgan fingerprint density at radius 1 is 1.59 bits per heavy atom. The molecule has 0 radical (unpaired) electrons. The van der Waals surface area contributed by atoms with Crippen molar-refractivity contribution in [2.24, 2.45) is 5.92 Å². The monoisotopic (exact) mass is 242 g/mol. The van der Waals surface area contributed by atoms with E-state index in [0.29, 0.717) is 13.0 Å². The molecule has 1 saturated carbocycles. The van der Waals surface area contributed by atoms with Gasteiger partial charge in [-0.2, -0.15) is 0 Å². The van der Waals surface area contributed by atoms with E-state index in [-0.39, 0.29) is 18.4 Å². The zero-order chi connectivity index (χ0) is 12.9. The van der Waals surface area contributed by atoms with Crippen LogP contribution in [0.25, 0.3) is 0 Å². The average molecular weight is 242 g/mol. The lowest BCUT2D eigenvalue weighted by molar-refractivity contribution is -0.165. The van der Waals surface area contributed by atoms with Gasteiger partial charge in [0.05, 0.1) is 12.7 Å². The van der Waals surface area contributed by atoms with Crippen molar-refractivity contribution in [2.75, 3.05) is 6.61 Å². The molecule has 1 aliphatic carbocycles. The number of carboxylic acid groups (broad SMARTS) is 1. The van der Waals surface area contributed by atoms with Gasteiger partial charge in [-0.15, -0.1) is 6.58 Å². The van der Waals surface area contributed by atoms with E-state index in [1.165, 1.54) is 0 Å². The van der Waals surface area contributed by atoms with Crippen LogP contribution in [0.3, 0.4) is 0 Å². The number of hydrogen-bond acceptors (Lipinski definition) is 3. The second kappa shape index (κ2) is 6.17. The summed E-state index contributed by atoms with van der Waals surface area (Å²) in [7, 11) is 0. The molecule has 0 aromatic rings. The van der Waals surface area contributed by atoms with Gasteiger partial charge in [0.2, 0.25) is 0 Å². The van der Waals surface area contributed by atoms with Gasteiger partial charge in [-0.25, -0.2) is 4.79 Å². The largest absolute Gasteiger partial charge is 0.479 e. The van der Waals surface area contributed by atoms with Crippen molar-refractivity contribution in [3.63, 3.8) is 0 Å². The molecule has 3 atom stereocenters. The van der Waals surface area contributed by atoms with E-state index in [1.54, 1.807) is 13.0 Å². The maximum atomic E-state index is 11.1. The zero-order valence-corrected chi connectivity index (χ0v) is 10.4. The molecule has 98 valence electrons. The third-order valence-corrected chi connectivity index (χ3v) is 3.38. The summed E-state index contributed by atoms with van der Waals surface area (Å²) in [5.41, 5.74) is -1.19. The van der Waals surface area contributed by atoms with Crippen LogP contribution >= 0.6 is 0 Å². The molecule has 1 unspecified atom stereocenters. The fourth-order valence-corrected chi connectivity index (χ4v) is 2.20. The standard InChI is InChI=1S/C13H22O4/c1-3-7-13(2,12(15)16)17-9-10-5-4-6-11(14)8-10/h3,10-11,14H,1,4-9H2,2H3,(H,15,16)/t10-,11+,13?/m1/s1. The van der Waals surface area contributed by atoms with Crippen LogP contribution in [0.1, 0.15) is 39.0 Å². The highest BCUT2D eigenvalue weighted by Gasteiger charge is 2.34. The fraction of sp³-hybridized carbons (Fsp3) is 0.769. The van der Waals surface area contributed by atoms with Gasteiger partial charge in [-0.1, -0.05) is 12.5 Å². The van der Waals surface area contributed by atoms with Crippen molar-refractivity contribution in [1.29, 1.82) is 0 Å². The molecule has 2 N–H and O–H groups in total. The van der Waals surface area contributed by atoms with Gasteiger partial charge in [0.1, 0.15) is 0 Å². The predicted molar refractivity (Wildman–Crippen MR) is 64.8 cm³/mol. The third-order valence-electron chi connectivity index (χ3n) is 3.38. The van der Waals surface area contributed by atoms with Crippen molar-refractivity contribution in [3.05, 3.63) is 12.7 Å². The molecule has 0 saturated heterocycles. The van der Waals surface area contributed by atoms with Crippen LogP contribution in [0, 0.1) is 5.92 Å². The zero-order valence-electron chi connectivity index (χ0n) is 10.4. The second-order valence-electron chi connectivity index (χ2n) is 5.03. The van der Waals surface area contributed by atoms with E-state index in [0.717, 1.165) is 19.3 Å². The molecule has 0 bridgehead atoms. The van der Waals surface area contributed by atoms with E-state index in [4.69, 9.17) is 9.84 Å². The molecule has 0 aliphatic heterocycles. The summed E-state index contributed by atoms with van der Waals surface area (Å²) in [6.07, 6.45) is 5.14. The van der Waals surface area contributed by atoms with Gasteiger partial charge in [0, 0.05) is 6.42 Å². The Morgan fingerprint density at radius 3 is 2.82 bits per heavy atom. The van der Waals surface area contributed by atoms with Gasteiger partial charge < -0.3 is 14.9 Å². The molecule has 0 aromatic heterocycles. The molecule has 0 amide bonds. The van der Waals surface area contributed by atoms with Gasteiger partial charge >= 0.3 is 5.97 Å². The number of aliphatic hydroxyl groups excluding tert-OH is 1. The molecule has 0 spiro atoms. The number of aliphatic carboxylic acids is 1. The van der Waals surface area contributed by atoms with Crippen LogP contribution in [0.4, 0.5) is 0 Å². The maximum Gasteiger partial charge on any atom is 0.335 e. The van der Waals surface area contributed by atoms with Crippen molar-refractivity contribution >= 4 is 5.97 Å². The second-order valence-corrected chi connectivity index (χ2v) is 5.03. The van der Waals surface area contributed by atoms with Gasteiger partial charge in [-0.3, -0.25) is 0 Å². The summed E-state index contributed by atoms with van der Waals surface area (Å²) in [6, 6.07) is 0. The Balaban J connectivity index is 2.46. The van der Waals surface area contributed by atoms with Crippen LogP contribution in [-0.4, -0.2) is 34.5 Å². The molecule has 17 heavy (non-hydrogen) atoms. The lowest BCUT2D eigenvalue weighted by Crippen LogP contribution is -2.40. The van der Waals surface area contributed by atoms with Gasteiger partial charge in [-0.05, 0) is 32.1 Å². The van der Waals surface area contributed by atoms with E-state index >= 15 is 0 Å². The lowest BCUT2D eigenvalue weighted by atomic mass is 9.87. The molecular weight excluding hydrogens is 220 g/mol. The van der Waals surface area contributed by atoms with Crippen molar-refractivity contribution < 1.29 is 19.7 Å². The van der Waals surface area contributed by atoms with Crippen LogP contribution in [0.5, 0.6) is 0 Å². The first kappa shape index (κ1) is 14.2. The predicted octanol–water partition coefficient (Wildman–Crippen LogP) is 1.97. The van der Waals surface area contributed by atoms with E-state index in [2.05, 4.69) is 6.58 Å². The minimum atomic E-state index is -1.19. The number of rotatable bonds is 6. The first-order valence-corrected chi connectivity index (χ1v) is 6.14. The average Bonchev–Trinajstić information content (AvgIpc) is 2.27. The summed E-state index contributed by atoms with van der Waals surface area (Å²) in [5.74, 6) is -0.698. The van der Waals surface area contributed by atoms with Gasteiger partial charge in [0.15, 0.2) is 5.60 Å².